The first-order valence-corrected chi connectivity index (χ1v) is 6.76. The normalized spacial score (nSPS) is 10.5. The van der Waals surface area contributed by atoms with Crippen LogP contribution >= 0.6 is 12.2 Å². The van der Waals surface area contributed by atoms with Crippen molar-refractivity contribution in [2.75, 3.05) is 5.32 Å². The molecule has 1 aromatic heterocycles. The summed E-state index contributed by atoms with van der Waals surface area (Å²) in [6, 6.07) is 14.1. The van der Waals surface area contributed by atoms with Gasteiger partial charge in [-0.2, -0.15) is 0 Å². The molecule has 0 saturated heterocycles. The quantitative estimate of drug-likeness (QED) is 0.723. The monoisotopic (exact) mass is 297 g/mol. The molecule has 3 nitrogen and oxygen atoms in total. The van der Waals surface area contributed by atoms with Crippen LogP contribution in [-0.4, -0.2) is 9.97 Å². The van der Waals surface area contributed by atoms with E-state index >= 15 is 0 Å². The molecule has 0 aliphatic carbocycles. The van der Waals surface area contributed by atoms with Crippen molar-refractivity contribution < 1.29 is 4.39 Å². The summed E-state index contributed by atoms with van der Waals surface area (Å²) in [5, 5.41) is 4.01. The molecule has 0 saturated carbocycles. The molecule has 0 fully saturated rings. The SMILES string of the molecule is NC(=S)c1ccc(Nc2cccc3ncccc23)c(F)c1. The second kappa shape index (κ2) is 5.46. The third kappa shape index (κ3) is 2.68. The Labute approximate surface area is 126 Å². The van der Waals surface area contributed by atoms with Gasteiger partial charge in [0, 0.05) is 22.8 Å². The fraction of sp³-hybridized carbons (Fsp3) is 0. The van der Waals surface area contributed by atoms with E-state index in [1.165, 1.54) is 6.07 Å². The lowest BCUT2D eigenvalue weighted by molar-refractivity contribution is 0.631. The Balaban J connectivity index is 2.01. The van der Waals surface area contributed by atoms with Crippen LogP contribution in [0, 0.1) is 5.82 Å². The molecule has 0 aliphatic rings. The largest absolute Gasteiger partial charge is 0.389 e. The minimum absolute atomic E-state index is 0.176. The van der Waals surface area contributed by atoms with Gasteiger partial charge in [0.15, 0.2) is 0 Å². The number of halogens is 1. The van der Waals surface area contributed by atoms with E-state index < -0.39 is 5.82 Å². The summed E-state index contributed by atoms with van der Waals surface area (Å²) in [6.45, 7) is 0. The molecule has 0 unspecified atom stereocenters. The van der Waals surface area contributed by atoms with Crippen LogP contribution < -0.4 is 11.1 Å². The van der Waals surface area contributed by atoms with Gasteiger partial charge in [-0.25, -0.2) is 4.39 Å². The van der Waals surface area contributed by atoms with Crippen LogP contribution in [0.1, 0.15) is 5.56 Å². The zero-order valence-corrected chi connectivity index (χ0v) is 11.8. The highest BCUT2D eigenvalue weighted by Crippen LogP contribution is 2.26. The summed E-state index contributed by atoms with van der Waals surface area (Å²) in [5.41, 5.74) is 8.01. The van der Waals surface area contributed by atoms with Crippen molar-refractivity contribution in [1.29, 1.82) is 0 Å². The fourth-order valence-corrected chi connectivity index (χ4v) is 2.25. The van der Waals surface area contributed by atoms with E-state index in [-0.39, 0.29) is 4.99 Å². The van der Waals surface area contributed by atoms with Gasteiger partial charge in [-0.05, 0) is 42.5 Å². The molecular formula is C16H12FN3S. The summed E-state index contributed by atoms with van der Waals surface area (Å²) in [5.74, 6) is -0.402. The summed E-state index contributed by atoms with van der Waals surface area (Å²) < 4.78 is 14.1. The van der Waals surface area contributed by atoms with Crippen molar-refractivity contribution in [3.05, 3.63) is 66.1 Å². The number of aromatic nitrogens is 1. The summed E-state index contributed by atoms with van der Waals surface area (Å²) in [4.78, 5) is 4.45. The van der Waals surface area contributed by atoms with Gasteiger partial charge in [0.25, 0.3) is 0 Å². The van der Waals surface area contributed by atoms with E-state index in [0.717, 1.165) is 16.6 Å². The van der Waals surface area contributed by atoms with Crippen LogP contribution in [0.2, 0.25) is 0 Å². The summed E-state index contributed by atoms with van der Waals surface area (Å²) in [7, 11) is 0. The number of hydrogen-bond donors (Lipinski definition) is 2. The van der Waals surface area contributed by atoms with Crippen LogP contribution in [-0.2, 0) is 0 Å². The average Bonchev–Trinajstić information content (AvgIpc) is 2.49. The van der Waals surface area contributed by atoms with Crippen molar-refractivity contribution in [1.82, 2.24) is 4.98 Å². The van der Waals surface area contributed by atoms with Crippen molar-refractivity contribution in [3.63, 3.8) is 0 Å². The molecule has 0 spiro atoms. The molecule has 0 atom stereocenters. The summed E-state index contributed by atoms with van der Waals surface area (Å²) in [6.07, 6.45) is 1.73. The fourth-order valence-electron chi connectivity index (χ4n) is 2.13. The van der Waals surface area contributed by atoms with Crippen LogP contribution in [0.3, 0.4) is 0 Å². The molecule has 2 aromatic carbocycles. The Morgan fingerprint density at radius 2 is 1.95 bits per heavy atom. The lowest BCUT2D eigenvalue weighted by Crippen LogP contribution is -2.09. The van der Waals surface area contributed by atoms with Crippen molar-refractivity contribution in [2.24, 2.45) is 5.73 Å². The number of thiocarbonyl (C=S) groups is 1. The molecular weight excluding hydrogens is 285 g/mol. The van der Waals surface area contributed by atoms with E-state index in [2.05, 4.69) is 10.3 Å². The van der Waals surface area contributed by atoms with Gasteiger partial charge in [0.2, 0.25) is 0 Å². The smallest absolute Gasteiger partial charge is 0.147 e. The average molecular weight is 297 g/mol. The van der Waals surface area contributed by atoms with Crippen molar-refractivity contribution in [2.45, 2.75) is 0 Å². The van der Waals surface area contributed by atoms with Crippen molar-refractivity contribution in [3.8, 4) is 0 Å². The van der Waals surface area contributed by atoms with Gasteiger partial charge in [0.1, 0.15) is 10.8 Å². The molecule has 104 valence electrons. The van der Waals surface area contributed by atoms with Crippen LogP contribution in [0.4, 0.5) is 15.8 Å². The zero-order chi connectivity index (χ0) is 14.8. The Hall–Kier alpha value is -2.53. The molecule has 0 radical (unpaired) electrons. The molecule has 1 heterocycles. The molecule has 0 amide bonds. The third-order valence-electron chi connectivity index (χ3n) is 3.17. The molecule has 3 aromatic rings. The predicted molar refractivity (Wildman–Crippen MR) is 87.3 cm³/mol. The Morgan fingerprint density at radius 1 is 1.10 bits per heavy atom. The molecule has 0 aliphatic heterocycles. The number of anilines is 2. The third-order valence-corrected chi connectivity index (χ3v) is 3.40. The predicted octanol–water partition coefficient (Wildman–Crippen LogP) is 3.75. The Bertz CT molecular complexity index is 827. The summed E-state index contributed by atoms with van der Waals surface area (Å²) >= 11 is 4.84. The number of rotatable bonds is 3. The zero-order valence-electron chi connectivity index (χ0n) is 11.0. The van der Waals surface area contributed by atoms with E-state index in [4.69, 9.17) is 18.0 Å². The lowest BCUT2D eigenvalue weighted by Gasteiger charge is -2.11. The number of nitrogens with zero attached hydrogens (tertiary/aromatic N) is 1. The molecule has 3 rings (SSSR count). The standard InChI is InChI=1S/C16H12FN3S/c17-12-9-10(16(18)21)6-7-15(12)20-14-5-1-4-13-11(14)3-2-8-19-13/h1-9,20H,(H2,18,21). The highest BCUT2D eigenvalue weighted by molar-refractivity contribution is 7.80. The number of nitrogens with two attached hydrogens (primary N) is 1. The molecule has 0 bridgehead atoms. The van der Waals surface area contributed by atoms with Crippen LogP contribution in [0.25, 0.3) is 10.9 Å². The minimum atomic E-state index is -0.402. The highest BCUT2D eigenvalue weighted by Gasteiger charge is 2.07. The van der Waals surface area contributed by atoms with Gasteiger partial charge < -0.3 is 11.1 Å². The van der Waals surface area contributed by atoms with Crippen molar-refractivity contribution >= 4 is 39.5 Å². The molecule has 3 N–H and O–H groups in total. The number of fused-ring (bicyclic) bond motifs is 1. The van der Waals surface area contributed by atoms with Crippen LogP contribution in [0.5, 0.6) is 0 Å². The van der Waals surface area contributed by atoms with Gasteiger partial charge >= 0.3 is 0 Å². The van der Waals surface area contributed by atoms with E-state index in [9.17, 15) is 4.39 Å². The van der Waals surface area contributed by atoms with Crippen LogP contribution in [0.15, 0.2) is 54.7 Å². The first-order valence-electron chi connectivity index (χ1n) is 6.35. The maximum Gasteiger partial charge on any atom is 0.147 e. The minimum Gasteiger partial charge on any atom is -0.389 e. The maximum absolute atomic E-state index is 14.1. The lowest BCUT2D eigenvalue weighted by atomic mass is 10.1. The van der Waals surface area contributed by atoms with Gasteiger partial charge in [0.05, 0.1) is 11.2 Å². The van der Waals surface area contributed by atoms with E-state index in [1.807, 2.05) is 30.3 Å². The Kier molecular flexibility index (Phi) is 3.50. The number of nitrogens with one attached hydrogen (secondary N) is 1. The second-order valence-corrected chi connectivity index (χ2v) is 5.00. The highest BCUT2D eigenvalue weighted by atomic mass is 32.1. The molecule has 21 heavy (non-hydrogen) atoms. The number of pyridine rings is 1. The molecule has 5 heteroatoms. The number of hydrogen-bond acceptors (Lipinski definition) is 3. The second-order valence-electron chi connectivity index (χ2n) is 4.56. The Morgan fingerprint density at radius 3 is 2.71 bits per heavy atom. The van der Waals surface area contributed by atoms with Gasteiger partial charge in [-0.3, -0.25) is 4.98 Å². The van der Waals surface area contributed by atoms with E-state index in [0.29, 0.717) is 11.3 Å². The van der Waals surface area contributed by atoms with E-state index in [1.54, 1.807) is 18.3 Å². The topological polar surface area (TPSA) is 50.9 Å². The first kappa shape index (κ1) is 13.5. The maximum atomic E-state index is 14.1. The van der Waals surface area contributed by atoms with Gasteiger partial charge in [-0.15, -0.1) is 0 Å². The number of benzene rings is 2. The van der Waals surface area contributed by atoms with Gasteiger partial charge in [-0.1, -0.05) is 18.3 Å². The first-order chi connectivity index (χ1) is 10.1.